The van der Waals surface area contributed by atoms with Gasteiger partial charge in [0.2, 0.25) is 5.91 Å². The fourth-order valence-corrected chi connectivity index (χ4v) is 0.587. The van der Waals surface area contributed by atoms with Gasteiger partial charge in [0.05, 0.1) is 12.6 Å². The number of hydrogen-bond acceptors (Lipinski definition) is 2. The summed E-state index contributed by atoms with van der Waals surface area (Å²) >= 11 is 0. The Morgan fingerprint density at radius 3 is 2.33 bits per heavy atom. The first-order valence-corrected chi connectivity index (χ1v) is 4.30. The van der Waals surface area contributed by atoms with Gasteiger partial charge < -0.3 is 10.1 Å². The molecule has 0 aliphatic rings. The fourth-order valence-electron chi connectivity index (χ4n) is 0.587. The molecule has 1 N–H and O–H groups in total. The maximum atomic E-state index is 12.3. The van der Waals surface area contributed by atoms with Crippen LogP contribution in [0.25, 0.3) is 0 Å². The van der Waals surface area contributed by atoms with Gasteiger partial charge in [-0.05, 0) is 13.8 Å². The third-order valence-corrected chi connectivity index (χ3v) is 1.39. The lowest BCUT2D eigenvalue weighted by Crippen LogP contribution is -2.42. The largest absolute Gasteiger partial charge is 0.369 e. The molecule has 3 nitrogen and oxygen atoms in total. The minimum atomic E-state index is -4.20. The lowest BCUT2D eigenvalue weighted by molar-refractivity contribution is -0.139. The Morgan fingerprint density at radius 1 is 1.40 bits per heavy atom. The fraction of sp³-hybridized carbons (Fsp3) is 0.875. The van der Waals surface area contributed by atoms with E-state index in [0.29, 0.717) is 0 Å². The molecule has 0 aromatic heterocycles. The van der Waals surface area contributed by atoms with E-state index in [4.69, 9.17) is 4.74 Å². The zero-order chi connectivity index (χ0) is 12.1. The highest BCUT2D eigenvalue weighted by Gasteiger charge is 2.40. The highest BCUT2D eigenvalue weighted by Crippen LogP contribution is 2.21. The van der Waals surface area contributed by atoms with Crippen molar-refractivity contribution in [2.75, 3.05) is 13.2 Å². The van der Waals surface area contributed by atoms with Crippen LogP contribution in [-0.4, -0.2) is 37.5 Å². The second-order valence-corrected chi connectivity index (χ2v) is 3.20. The van der Waals surface area contributed by atoms with Crippen LogP contribution in [-0.2, 0) is 9.53 Å². The van der Waals surface area contributed by atoms with E-state index in [0.717, 1.165) is 0 Å². The van der Waals surface area contributed by atoms with Crippen molar-refractivity contribution in [3.8, 4) is 0 Å². The predicted octanol–water partition coefficient (Wildman–Crippen LogP) is 1.43. The van der Waals surface area contributed by atoms with Gasteiger partial charge in [-0.25, -0.2) is 8.78 Å². The van der Waals surface area contributed by atoms with Crippen molar-refractivity contribution >= 4 is 5.91 Å². The molecule has 0 heterocycles. The van der Waals surface area contributed by atoms with Gasteiger partial charge in [0.1, 0.15) is 6.61 Å². The Balaban J connectivity index is 3.80. The molecular weight excluding hydrogens is 218 g/mol. The number of rotatable bonds is 6. The first-order chi connectivity index (χ1) is 6.75. The SMILES string of the molecule is CC(C)OCC(=O)NCC(F)(F)C(F)F. The Bertz CT molecular complexity index is 209. The summed E-state index contributed by atoms with van der Waals surface area (Å²) in [7, 11) is 0. The molecule has 0 spiro atoms. The van der Waals surface area contributed by atoms with Crippen LogP contribution in [0.3, 0.4) is 0 Å². The van der Waals surface area contributed by atoms with Gasteiger partial charge in [-0.3, -0.25) is 4.79 Å². The van der Waals surface area contributed by atoms with Gasteiger partial charge in [0.15, 0.2) is 0 Å². The van der Waals surface area contributed by atoms with Gasteiger partial charge in [0, 0.05) is 0 Å². The maximum absolute atomic E-state index is 12.3. The molecule has 90 valence electrons. The number of alkyl halides is 4. The van der Waals surface area contributed by atoms with Crippen LogP contribution in [0.15, 0.2) is 0 Å². The van der Waals surface area contributed by atoms with Crippen molar-refractivity contribution in [3.63, 3.8) is 0 Å². The molecule has 0 unspecified atom stereocenters. The average molecular weight is 231 g/mol. The molecule has 0 saturated heterocycles. The second-order valence-electron chi connectivity index (χ2n) is 3.20. The smallest absolute Gasteiger partial charge is 0.324 e. The summed E-state index contributed by atoms with van der Waals surface area (Å²) in [5.41, 5.74) is 0. The Morgan fingerprint density at radius 2 is 1.93 bits per heavy atom. The molecule has 0 saturated carbocycles. The molecule has 0 aliphatic carbocycles. The van der Waals surface area contributed by atoms with E-state index in [9.17, 15) is 22.4 Å². The molecule has 0 aromatic carbocycles. The quantitative estimate of drug-likeness (QED) is 0.702. The Labute approximate surface area is 84.8 Å². The molecule has 1 amide bonds. The molecule has 0 bridgehead atoms. The van der Waals surface area contributed by atoms with Gasteiger partial charge in [-0.2, -0.15) is 8.78 Å². The summed E-state index contributed by atoms with van der Waals surface area (Å²) in [6.07, 6.45) is -4.02. The number of carbonyl (C=O) groups excluding carboxylic acids is 1. The van der Waals surface area contributed by atoms with Crippen LogP contribution in [0.4, 0.5) is 17.6 Å². The zero-order valence-corrected chi connectivity index (χ0v) is 8.40. The first kappa shape index (κ1) is 14.2. The first-order valence-electron chi connectivity index (χ1n) is 4.30. The summed E-state index contributed by atoms with van der Waals surface area (Å²) in [4.78, 5) is 10.8. The van der Waals surface area contributed by atoms with E-state index in [2.05, 4.69) is 0 Å². The second kappa shape index (κ2) is 5.89. The van der Waals surface area contributed by atoms with Crippen molar-refractivity contribution in [3.05, 3.63) is 0 Å². The van der Waals surface area contributed by atoms with E-state index in [-0.39, 0.29) is 6.10 Å². The minimum absolute atomic E-state index is 0.230. The predicted molar refractivity (Wildman–Crippen MR) is 45.0 cm³/mol. The molecule has 15 heavy (non-hydrogen) atoms. The van der Waals surface area contributed by atoms with Crippen LogP contribution in [0.1, 0.15) is 13.8 Å². The molecule has 0 fully saturated rings. The van der Waals surface area contributed by atoms with Gasteiger partial charge in [-0.15, -0.1) is 0 Å². The topological polar surface area (TPSA) is 38.3 Å². The van der Waals surface area contributed by atoms with Crippen molar-refractivity contribution in [1.82, 2.24) is 5.32 Å². The van der Waals surface area contributed by atoms with Crippen LogP contribution in [0, 0.1) is 0 Å². The third kappa shape index (κ3) is 6.27. The van der Waals surface area contributed by atoms with Crippen LogP contribution in [0.5, 0.6) is 0 Å². The van der Waals surface area contributed by atoms with E-state index < -0.39 is 31.4 Å². The zero-order valence-electron chi connectivity index (χ0n) is 8.40. The number of amides is 1. The highest BCUT2D eigenvalue weighted by atomic mass is 19.3. The third-order valence-electron chi connectivity index (χ3n) is 1.39. The van der Waals surface area contributed by atoms with Crippen molar-refractivity contribution < 1.29 is 27.1 Å². The normalized spacial score (nSPS) is 12.3. The highest BCUT2D eigenvalue weighted by molar-refractivity contribution is 5.77. The number of halogens is 4. The summed E-state index contributed by atoms with van der Waals surface area (Å²) in [5, 5.41) is 1.67. The number of ether oxygens (including phenoxy) is 1. The van der Waals surface area contributed by atoms with E-state index in [1.54, 1.807) is 19.2 Å². The van der Waals surface area contributed by atoms with E-state index >= 15 is 0 Å². The van der Waals surface area contributed by atoms with Crippen molar-refractivity contribution in [1.29, 1.82) is 0 Å². The summed E-state index contributed by atoms with van der Waals surface area (Å²) in [6, 6.07) is 0. The lowest BCUT2D eigenvalue weighted by Gasteiger charge is -2.16. The molecule has 0 aliphatic heterocycles. The molecule has 0 atom stereocenters. The molecular formula is C8H13F4NO2. The lowest BCUT2D eigenvalue weighted by atomic mass is 10.3. The van der Waals surface area contributed by atoms with Gasteiger partial charge in [-0.1, -0.05) is 0 Å². The Hall–Kier alpha value is -0.850. The standard InChI is InChI=1S/C8H13F4NO2/c1-5(2)15-3-6(14)13-4-8(11,12)7(9)10/h5,7H,3-4H2,1-2H3,(H,13,14). The number of carbonyl (C=O) groups is 1. The average Bonchev–Trinajstić information content (AvgIpc) is 2.11. The molecule has 0 rings (SSSR count). The van der Waals surface area contributed by atoms with Crippen molar-refractivity contribution in [2.45, 2.75) is 32.3 Å². The summed E-state index contributed by atoms with van der Waals surface area (Å²) < 4.78 is 52.7. The Kier molecular flexibility index (Phi) is 5.56. The van der Waals surface area contributed by atoms with Crippen molar-refractivity contribution in [2.24, 2.45) is 0 Å². The van der Waals surface area contributed by atoms with E-state index in [1.807, 2.05) is 0 Å². The van der Waals surface area contributed by atoms with Crippen LogP contribution in [0.2, 0.25) is 0 Å². The van der Waals surface area contributed by atoms with Crippen LogP contribution >= 0.6 is 0 Å². The summed E-state index contributed by atoms with van der Waals surface area (Å²) in [5.74, 6) is -5.04. The van der Waals surface area contributed by atoms with Gasteiger partial charge in [0.25, 0.3) is 0 Å². The maximum Gasteiger partial charge on any atom is 0.324 e. The summed E-state index contributed by atoms with van der Waals surface area (Å²) in [6.45, 7) is 1.50. The molecule has 0 aromatic rings. The number of nitrogens with one attached hydrogen (secondary N) is 1. The van der Waals surface area contributed by atoms with Gasteiger partial charge >= 0.3 is 12.3 Å². The molecule has 0 radical (unpaired) electrons. The van der Waals surface area contributed by atoms with E-state index in [1.165, 1.54) is 0 Å². The number of hydrogen-bond donors (Lipinski definition) is 1. The monoisotopic (exact) mass is 231 g/mol. The molecule has 7 heteroatoms. The minimum Gasteiger partial charge on any atom is -0.369 e. The van der Waals surface area contributed by atoms with Crippen LogP contribution < -0.4 is 5.32 Å².